The SMILES string of the molecule is CCC(C)N(C)C(=O)CCc1cccc(Cl)c1. The fourth-order valence-electron chi connectivity index (χ4n) is 1.64. The summed E-state index contributed by atoms with van der Waals surface area (Å²) in [6.45, 7) is 4.16. The van der Waals surface area contributed by atoms with Crippen LogP contribution in [0.25, 0.3) is 0 Å². The van der Waals surface area contributed by atoms with Crippen molar-refractivity contribution in [3.8, 4) is 0 Å². The Morgan fingerprint density at radius 3 is 2.76 bits per heavy atom. The zero-order valence-electron chi connectivity index (χ0n) is 10.7. The van der Waals surface area contributed by atoms with E-state index < -0.39 is 0 Å². The summed E-state index contributed by atoms with van der Waals surface area (Å²) in [4.78, 5) is 13.7. The normalized spacial score (nSPS) is 12.2. The molecule has 1 rings (SSSR count). The molecule has 3 heteroatoms. The maximum absolute atomic E-state index is 11.9. The largest absolute Gasteiger partial charge is 0.343 e. The molecule has 0 radical (unpaired) electrons. The first-order valence-corrected chi connectivity index (χ1v) is 6.42. The van der Waals surface area contributed by atoms with E-state index in [1.54, 1.807) is 0 Å². The van der Waals surface area contributed by atoms with Crippen molar-refractivity contribution in [2.24, 2.45) is 0 Å². The Balaban J connectivity index is 2.48. The van der Waals surface area contributed by atoms with Crippen LogP contribution in [-0.4, -0.2) is 23.9 Å². The molecule has 0 saturated heterocycles. The van der Waals surface area contributed by atoms with Gasteiger partial charge in [0, 0.05) is 24.5 Å². The van der Waals surface area contributed by atoms with Gasteiger partial charge in [0.15, 0.2) is 0 Å². The number of carbonyl (C=O) groups is 1. The smallest absolute Gasteiger partial charge is 0.222 e. The van der Waals surface area contributed by atoms with Gasteiger partial charge < -0.3 is 4.90 Å². The Bertz CT molecular complexity index is 378. The molecule has 94 valence electrons. The molecule has 0 saturated carbocycles. The predicted octanol–water partition coefficient (Wildman–Crippen LogP) is 3.53. The average Bonchev–Trinajstić information content (AvgIpc) is 2.34. The molecule has 0 fully saturated rings. The van der Waals surface area contributed by atoms with Crippen molar-refractivity contribution < 1.29 is 4.79 Å². The summed E-state index contributed by atoms with van der Waals surface area (Å²) in [5.74, 6) is 0.194. The summed E-state index contributed by atoms with van der Waals surface area (Å²) in [5.41, 5.74) is 1.11. The van der Waals surface area contributed by atoms with Crippen LogP contribution in [0, 0.1) is 0 Å². The minimum Gasteiger partial charge on any atom is -0.343 e. The second kappa shape index (κ2) is 6.65. The molecule has 0 aromatic heterocycles. The number of carbonyl (C=O) groups excluding carboxylic acids is 1. The molecule has 0 spiro atoms. The summed E-state index contributed by atoms with van der Waals surface area (Å²) >= 11 is 5.90. The van der Waals surface area contributed by atoms with Gasteiger partial charge in [-0.15, -0.1) is 0 Å². The van der Waals surface area contributed by atoms with Crippen LogP contribution in [0.4, 0.5) is 0 Å². The molecule has 0 aliphatic rings. The summed E-state index contributed by atoms with van der Waals surface area (Å²) in [5, 5.41) is 0.727. The number of hydrogen-bond donors (Lipinski definition) is 0. The van der Waals surface area contributed by atoms with E-state index in [1.807, 2.05) is 36.2 Å². The van der Waals surface area contributed by atoms with E-state index in [4.69, 9.17) is 11.6 Å². The maximum Gasteiger partial charge on any atom is 0.222 e. The number of halogens is 1. The zero-order valence-corrected chi connectivity index (χ0v) is 11.5. The van der Waals surface area contributed by atoms with Gasteiger partial charge in [0.25, 0.3) is 0 Å². The molecule has 2 nitrogen and oxygen atoms in total. The highest BCUT2D eigenvalue weighted by molar-refractivity contribution is 6.30. The van der Waals surface area contributed by atoms with E-state index in [0.717, 1.165) is 23.4 Å². The van der Waals surface area contributed by atoms with Crippen LogP contribution in [-0.2, 0) is 11.2 Å². The summed E-state index contributed by atoms with van der Waals surface area (Å²) in [7, 11) is 1.87. The Hall–Kier alpha value is -1.02. The molecule has 0 aliphatic carbocycles. The minimum absolute atomic E-state index is 0.194. The van der Waals surface area contributed by atoms with Crippen molar-refractivity contribution in [1.29, 1.82) is 0 Å². The highest BCUT2D eigenvalue weighted by atomic mass is 35.5. The Kier molecular flexibility index (Phi) is 5.49. The summed E-state index contributed by atoms with van der Waals surface area (Å²) < 4.78 is 0. The second-order valence-electron chi connectivity index (χ2n) is 4.39. The molecule has 0 heterocycles. The molecule has 1 amide bonds. The molecule has 1 aromatic carbocycles. The minimum atomic E-state index is 0.194. The molecule has 0 N–H and O–H groups in total. The van der Waals surface area contributed by atoms with Gasteiger partial charge in [-0.2, -0.15) is 0 Å². The Morgan fingerprint density at radius 1 is 1.47 bits per heavy atom. The fraction of sp³-hybridized carbons (Fsp3) is 0.500. The highest BCUT2D eigenvalue weighted by Gasteiger charge is 2.13. The van der Waals surface area contributed by atoms with Crippen molar-refractivity contribution in [2.45, 2.75) is 39.2 Å². The van der Waals surface area contributed by atoms with Crippen LogP contribution in [0.3, 0.4) is 0 Å². The lowest BCUT2D eigenvalue weighted by atomic mass is 10.1. The third-order valence-corrected chi connectivity index (χ3v) is 3.40. The molecule has 0 aliphatic heterocycles. The molecule has 1 unspecified atom stereocenters. The van der Waals surface area contributed by atoms with E-state index in [1.165, 1.54) is 0 Å². The van der Waals surface area contributed by atoms with Gasteiger partial charge in [0.05, 0.1) is 0 Å². The van der Waals surface area contributed by atoms with Gasteiger partial charge in [-0.05, 0) is 37.5 Å². The number of benzene rings is 1. The Morgan fingerprint density at radius 2 is 2.18 bits per heavy atom. The van der Waals surface area contributed by atoms with Crippen LogP contribution in [0.5, 0.6) is 0 Å². The average molecular weight is 254 g/mol. The molecule has 1 aromatic rings. The van der Waals surface area contributed by atoms with Crippen LogP contribution in [0.15, 0.2) is 24.3 Å². The molecular weight excluding hydrogens is 234 g/mol. The van der Waals surface area contributed by atoms with Gasteiger partial charge in [-0.3, -0.25) is 4.79 Å². The van der Waals surface area contributed by atoms with Gasteiger partial charge >= 0.3 is 0 Å². The zero-order chi connectivity index (χ0) is 12.8. The number of aryl methyl sites for hydroxylation is 1. The number of hydrogen-bond acceptors (Lipinski definition) is 1. The Labute approximate surface area is 109 Å². The van der Waals surface area contributed by atoms with E-state index in [2.05, 4.69) is 13.8 Å². The number of amides is 1. The van der Waals surface area contributed by atoms with Gasteiger partial charge in [0.2, 0.25) is 5.91 Å². The van der Waals surface area contributed by atoms with E-state index in [0.29, 0.717) is 12.5 Å². The lowest BCUT2D eigenvalue weighted by molar-refractivity contribution is -0.131. The van der Waals surface area contributed by atoms with Gasteiger partial charge in [0.1, 0.15) is 0 Å². The molecule has 17 heavy (non-hydrogen) atoms. The second-order valence-corrected chi connectivity index (χ2v) is 4.83. The molecule has 0 bridgehead atoms. The van der Waals surface area contributed by atoms with Crippen LogP contribution < -0.4 is 0 Å². The van der Waals surface area contributed by atoms with Crippen molar-refractivity contribution in [3.05, 3.63) is 34.9 Å². The first-order valence-electron chi connectivity index (χ1n) is 6.04. The quantitative estimate of drug-likeness (QED) is 0.786. The third kappa shape index (κ3) is 4.39. The lowest BCUT2D eigenvalue weighted by Gasteiger charge is -2.23. The first-order chi connectivity index (χ1) is 8.04. The summed E-state index contributed by atoms with van der Waals surface area (Å²) in [6, 6.07) is 7.99. The van der Waals surface area contributed by atoms with Crippen LogP contribution >= 0.6 is 11.6 Å². The predicted molar refractivity (Wildman–Crippen MR) is 72.3 cm³/mol. The van der Waals surface area contributed by atoms with Crippen molar-refractivity contribution in [3.63, 3.8) is 0 Å². The van der Waals surface area contributed by atoms with E-state index in [-0.39, 0.29) is 5.91 Å². The van der Waals surface area contributed by atoms with Crippen LogP contribution in [0.2, 0.25) is 5.02 Å². The standard InChI is InChI=1S/C14H20ClNO/c1-4-11(2)16(3)14(17)9-8-12-6-5-7-13(15)10-12/h5-7,10-11H,4,8-9H2,1-3H3. The molecule has 1 atom stereocenters. The molecular formula is C14H20ClNO. The third-order valence-electron chi connectivity index (χ3n) is 3.16. The highest BCUT2D eigenvalue weighted by Crippen LogP contribution is 2.13. The van der Waals surface area contributed by atoms with Crippen molar-refractivity contribution in [1.82, 2.24) is 4.90 Å². The topological polar surface area (TPSA) is 20.3 Å². The van der Waals surface area contributed by atoms with E-state index >= 15 is 0 Å². The maximum atomic E-state index is 11.9. The van der Waals surface area contributed by atoms with Crippen molar-refractivity contribution >= 4 is 17.5 Å². The van der Waals surface area contributed by atoms with Gasteiger partial charge in [-0.1, -0.05) is 30.7 Å². The van der Waals surface area contributed by atoms with Gasteiger partial charge in [-0.25, -0.2) is 0 Å². The first kappa shape index (κ1) is 14.0. The lowest BCUT2D eigenvalue weighted by Crippen LogP contribution is -2.34. The fourth-order valence-corrected chi connectivity index (χ4v) is 1.85. The number of nitrogens with zero attached hydrogens (tertiary/aromatic N) is 1. The monoisotopic (exact) mass is 253 g/mol. The van der Waals surface area contributed by atoms with E-state index in [9.17, 15) is 4.79 Å². The number of rotatable bonds is 5. The summed E-state index contributed by atoms with van der Waals surface area (Å²) in [6.07, 6.45) is 2.28. The van der Waals surface area contributed by atoms with Crippen LogP contribution in [0.1, 0.15) is 32.3 Å². The van der Waals surface area contributed by atoms with Crippen molar-refractivity contribution in [2.75, 3.05) is 7.05 Å².